The highest BCUT2D eigenvalue weighted by molar-refractivity contribution is 6.35. The number of carbonyl (C=O) groups excluding carboxylic acids is 2. The highest BCUT2D eigenvalue weighted by atomic mass is 35.5. The molecule has 1 aliphatic carbocycles. The summed E-state index contributed by atoms with van der Waals surface area (Å²) in [6.07, 6.45) is 5.81. The monoisotopic (exact) mass is 460 g/mol. The second-order valence-corrected chi connectivity index (χ2v) is 9.05. The number of nitrogens with zero attached hydrogens (tertiary/aromatic N) is 1. The predicted molar refractivity (Wildman–Crippen MR) is 126 cm³/mol. The Kier molecular flexibility index (Phi) is 8.79. The summed E-state index contributed by atoms with van der Waals surface area (Å²) in [6, 6.07) is 14.7. The van der Waals surface area contributed by atoms with Crippen LogP contribution < -0.4 is 5.32 Å². The zero-order valence-corrected chi connectivity index (χ0v) is 19.5. The quantitative estimate of drug-likeness (QED) is 0.514. The molecule has 0 aromatic heterocycles. The minimum atomic E-state index is -0.603. The van der Waals surface area contributed by atoms with E-state index in [4.69, 9.17) is 23.2 Å². The molecule has 1 saturated carbocycles. The van der Waals surface area contributed by atoms with Gasteiger partial charge < -0.3 is 10.2 Å². The fourth-order valence-electron chi connectivity index (χ4n) is 4.11. The number of rotatable bonds is 9. The second kappa shape index (κ2) is 11.5. The van der Waals surface area contributed by atoms with E-state index in [0.717, 1.165) is 36.8 Å². The molecular formula is C25H30Cl2N2O2. The van der Waals surface area contributed by atoms with Crippen LogP contribution in [0.25, 0.3) is 0 Å². The molecule has 0 aliphatic heterocycles. The lowest BCUT2D eigenvalue weighted by Crippen LogP contribution is -2.52. The molecule has 0 saturated heterocycles. The highest BCUT2D eigenvalue weighted by Crippen LogP contribution is 2.25. The molecule has 0 heterocycles. The van der Waals surface area contributed by atoms with Crippen LogP contribution in [-0.2, 0) is 22.6 Å². The van der Waals surface area contributed by atoms with E-state index in [1.165, 1.54) is 0 Å². The third kappa shape index (κ3) is 6.72. The van der Waals surface area contributed by atoms with Gasteiger partial charge in [-0.25, -0.2) is 0 Å². The summed E-state index contributed by atoms with van der Waals surface area (Å²) < 4.78 is 0. The van der Waals surface area contributed by atoms with E-state index in [9.17, 15) is 9.59 Å². The van der Waals surface area contributed by atoms with Crippen LogP contribution in [0.5, 0.6) is 0 Å². The van der Waals surface area contributed by atoms with Crippen molar-refractivity contribution < 1.29 is 9.59 Å². The van der Waals surface area contributed by atoms with E-state index >= 15 is 0 Å². The Morgan fingerprint density at radius 3 is 2.45 bits per heavy atom. The lowest BCUT2D eigenvalue weighted by molar-refractivity contribution is -0.141. The maximum atomic E-state index is 13.4. The van der Waals surface area contributed by atoms with Gasteiger partial charge in [0, 0.05) is 35.5 Å². The Morgan fingerprint density at radius 1 is 1.10 bits per heavy atom. The van der Waals surface area contributed by atoms with Gasteiger partial charge in [0.05, 0.1) is 0 Å². The van der Waals surface area contributed by atoms with E-state index in [0.29, 0.717) is 29.3 Å². The first kappa shape index (κ1) is 23.6. The average Bonchev–Trinajstić information content (AvgIpc) is 3.26. The van der Waals surface area contributed by atoms with Crippen molar-refractivity contribution in [2.75, 3.05) is 0 Å². The molecule has 4 nitrogen and oxygen atoms in total. The summed E-state index contributed by atoms with van der Waals surface area (Å²) >= 11 is 12.5. The van der Waals surface area contributed by atoms with Crippen molar-refractivity contribution in [2.45, 2.75) is 70.5 Å². The highest BCUT2D eigenvalue weighted by Gasteiger charge is 2.32. The van der Waals surface area contributed by atoms with Crippen LogP contribution in [0.2, 0.25) is 10.0 Å². The number of hydrogen-bond donors (Lipinski definition) is 1. The van der Waals surface area contributed by atoms with Crippen LogP contribution in [-0.4, -0.2) is 28.8 Å². The van der Waals surface area contributed by atoms with E-state index in [-0.39, 0.29) is 24.4 Å². The fraction of sp³-hybridized carbons (Fsp3) is 0.440. The van der Waals surface area contributed by atoms with E-state index in [2.05, 4.69) is 5.32 Å². The van der Waals surface area contributed by atoms with Gasteiger partial charge >= 0.3 is 0 Å². The predicted octanol–water partition coefficient (Wildman–Crippen LogP) is 5.79. The van der Waals surface area contributed by atoms with Crippen molar-refractivity contribution in [3.8, 4) is 0 Å². The van der Waals surface area contributed by atoms with E-state index in [1.54, 1.807) is 17.0 Å². The first-order chi connectivity index (χ1) is 15.0. The smallest absolute Gasteiger partial charge is 0.243 e. The average molecular weight is 461 g/mol. The maximum Gasteiger partial charge on any atom is 0.243 e. The third-order valence-corrected chi connectivity index (χ3v) is 6.38. The van der Waals surface area contributed by atoms with Crippen LogP contribution in [0, 0.1) is 0 Å². The topological polar surface area (TPSA) is 49.4 Å². The lowest BCUT2D eigenvalue weighted by atomic mass is 10.0. The van der Waals surface area contributed by atoms with Crippen LogP contribution >= 0.6 is 23.2 Å². The summed E-state index contributed by atoms with van der Waals surface area (Å²) in [5, 5.41) is 4.24. The van der Waals surface area contributed by atoms with Gasteiger partial charge in [-0.3, -0.25) is 9.59 Å². The summed E-state index contributed by atoms with van der Waals surface area (Å²) in [7, 11) is 0. The van der Waals surface area contributed by atoms with Gasteiger partial charge in [-0.2, -0.15) is 0 Å². The standard InChI is InChI=1S/C25H30Cl2N2O2/c1-2-8-24(30)29(17-19-13-14-20(26)16-22(19)27)23(15-18-9-4-3-5-10-18)25(31)28-21-11-6-7-12-21/h3-5,9-10,13-14,16,21,23H,2,6-8,11-12,15,17H2,1H3,(H,28,31)/t23-/m1/s1. The van der Waals surface area contributed by atoms with Crippen molar-refractivity contribution in [3.63, 3.8) is 0 Å². The largest absolute Gasteiger partial charge is 0.352 e. The number of amides is 2. The molecule has 2 amide bonds. The number of benzene rings is 2. The zero-order chi connectivity index (χ0) is 22.2. The SMILES string of the molecule is CCCC(=O)N(Cc1ccc(Cl)cc1Cl)[C@H](Cc1ccccc1)C(=O)NC1CCCC1. The molecule has 0 bridgehead atoms. The zero-order valence-electron chi connectivity index (χ0n) is 17.9. The third-order valence-electron chi connectivity index (χ3n) is 5.79. The molecule has 6 heteroatoms. The minimum absolute atomic E-state index is 0.0454. The number of halogens is 2. The van der Waals surface area contributed by atoms with Crippen LogP contribution in [0.4, 0.5) is 0 Å². The summed E-state index contributed by atoms with van der Waals surface area (Å²) in [4.78, 5) is 28.3. The normalized spacial score (nSPS) is 14.9. The molecule has 0 radical (unpaired) electrons. The van der Waals surface area contributed by atoms with Crippen LogP contribution in [0.1, 0.15) is 56.6 Å². The first-order valence-corrected chi connectivity index (χ1v) is 11.8. The fourth-order valence-corrected chi connectivity index (χ4v) is 4.58. The van der Waals surface area contributed by atoms with Gasteiger partial charge in [0.15, 0.2) is 0 Å². The second-order valence-electron chi connectivity index (χ2n) is 8.20. The first-order valence-electron chi connectivity index (χ1n) is 11.1. The molecule has 1 fully saturated rings. The molecule has 31 heavy (non-hydrogen) atoms. The van der Waals surface area contributed by atoms with Crippen molar-refractivity contribution in [1.29, 1.82) is 0 Å². The maximum absolute atomic E-state index is 13.4. The Morgan fingerprint density at radius 2 is 1.81 bits per heavy atom. The van der Waals surface area contributed by atoms with Crippen LogP contribution in [0.15, 0.2) is 48.5 Å². The van der Waals surface area contributed by atoms with Crippen LogP contribution in [0.3, 0.4) is 0 Å². The van der Waals surface area contributed by atoms with Gasteiger partial charge in [-0.15, -0.1) is 0 Å². The molecule has 1 atom stereocenters. The van der Waals surface area contributed by atoms with Gasteiger partial charge in [0.2, 0.25) is 11.8 Å². The molecule has 166 valence electrons. The Hall–Kier alpha value is -2.04. The van der Waals surface area contributed by atoms with Gasteiger partial charge in [0.1, 0.15) is 6.04 Å². The number of nitrogens with one attached hydrogen (secondary N) is 1. The van der Waals surface area contributed by atoms with Gasteiger partial charge in [0.25, 0.3) is 0 Å². The summed E-state index contributed by atoms with van der Waals surface area (Å²) in [5.74, 6) is -0.138. The molecule has 2 aromatic carbocycles. The van der Waals surface area contributed by atoms with Crippen molar-refractivity contribution in [3.05, 3.63) is 69.7 Å². The van der Waals surface area contributed by atoms with Crippen molar-refractivity contribution >= 4 is 35.0 Å². The van der Waals surface area contributed by atoms with Crippen molar-refractivity contribution in [1.82, 2.24) is 10.2 Å². The van der Waals surface area contributed by atoms with E-state index < -0.39 is 6.04 Å². The van der Waals surface area contributed by atoms with Gasteiger partial charge in [-0.05, 0) is 42.5 Å². The molecule has 2 aromatic rings. The van der Waals surface area contributed by atoms with Gasteiger partial charge in [-0.1, -0.05) is 79.4 Å². The Balaban J connectivity index is 1.91. The van der Waals surface area contributed by atoms with Crippen molar-refractivity contribution in [2.24, 2.45) is 0 Å². The van der Waals surface area contributed by atoms with E-state index in [1.807, 2.05) is 43.3 Å². The molecule has 1 aliphatic rings. The summed E-state index contributed by atoms with van der Waals surface area (Å²) in [5.41, 5.74) is 1.80. The molecule has 1 N–H and O–H groups in total. The molecular weight excluding hydrogens is 431 g/mol. The minimum Gasteiger partial charge on any atom is -0.352 e. The molecule has 3 rings (SSSR count). The Bertz CT molecular complexity index is 882. The number of carbonyl (C=O) groups is 2. The molecule has 0 spiro atoms. The Labute approximate surface area is 194 Å². The lowest BCUT2D eigenvalue weighted by Gasteiger charge is -2.32. The summed E-state index contributed by atoms with van der Waals surface area (Å²) in [6.45, 7) is 2.24. The molecule has 0 unspecified atom stereocenters. The number of hydrogen-bond acceptors (Lipinski definition) is 2.